The van der Waals surface area contributed by atoms with Gasteiger partial charge in [0, 0.05) is 11.6 Å². The highest BCUT2D eigenvalue weighted by Gasteiger charge is 2.27. The van der Waals surface area contributed by atoms with Crippen LogP contribution in [-0.2, 0) is 9.47 Å². The molecule has 1 aliphatic rings. The summed E-state index contributed by atoms with van der Waals surface area (Å²) in [6.07, 6.45) is 5.87. The predicted octanol–water partition coefficient (Wildman–Crippen LogP) is 8.35. The van der Waals surface area contributed by atoms with E-state index in [0.717, 1.165) is 18.9 Å². The maximum absolute atomic E-state index is 14.9. The van der Waals surface area contributed by atoms with E-state index < -0.39 is 17.5 Å². The van der Waals surface area contributed by atoms with Crippen LogP contribution in [-0.4, -0.2) is 18.8 Å². The molecule has 0 unspecified atom stereocenters. The number of phenols is 1. The van der Waals surface area contributed by atoms with Crippen LogP contribution in [0.15, 0.2) is 85.6 Å². The highest BCUT2D eigenvalue weighted by atomic mass is 19.2. The number of aromatic hydroxyl groups is 1. The molecular formula is C29H33F3O3. The standard InChI is InChI=1S/C26H27F3O3.C3H6/c1-16(14-24(27)17(2)31-3)32-15-18-4-6-19(7-5-18)22-12-13-23(26(29)25(22)28)20-8-10-21(30)11-9-20;1-3-2/h8-14,18-19,30H,1-2,4-7,15H2,3H3;3H,1H2,2H3/b24-14+;. The van der Waals surface area contributed by atoms with Crippen molar-refractivity contribution in [3.8, 4) is 16.9 Å². The second-order valence-electron chi connectivity index (χ2n) is 8.40. The number of benzene rings is 2. The molecule has 35 heavy (non-hydrogen) atoms. The summed E-state index contributed by atoms with van der Waals surface area (Å²) in [7, 11) is 1.33. The van der Waals surface area contributed by atoms with Gasteiger partial charge in [-0.25, -0.2) is 13.2 Å². The van der Waals surface area contributed by atoms with Gasteiger partial charge >= 0.3 is 0 Å². The molecule has 0 saturated heterocycles. The monoisotopic (exact) mass is 486 g/mol. The van der Waals surface area contributed by atoms with E-state index >= 15 is 0 Å². The largest absolute Gasteiger partial charge is 0.508 e. The molecular weight excluding hydrogens is 453 g/mol. The summed E-state index contributed by atoms with van der Waals surface area (Å²) in [5.74, 6) is -2.02. The highest BCUT2D eigenvalue weighted by molar-refractivity contribution is 5.65. The van der Waals surface area contributed by atoms with Gasteiger partial charge in [-0.3, -0.25) is 0 Å². The Morgan fingerprint density at radius 3 is 2.20 bits per heavy atom. The van der Waals surface area contributed by atoms with Crippen molar-refractivity contribution in [3.63, 3.8) is 0 Å². The first-order valence-electron chi connectivity index (χ1n) is 11.5. The number of rotatable bonds is 8. The molecule has 1 N–H and O–H groups in total. The number of hydrogen-bond acceptors (Lipinski definition) is 3. The molecule has 0 bridgehead atoms. The van der Waals surface area contributed by atoms with E-state index in [0.29, 0.717) is 30.6 Å². The van der Waals surface area contributed by atoms with Crippen molar-refractivity contribution in [1.29, 1.82) is 0 Å². The van der Waals surface area contributed by atoms with Gasteiger partial charge in [0.15, 0.2) is 17.5 Å². The number of ether oxygens (including phenoxy) is 2. The summed E-state index contributed by atoms with van der Waals surface area (Å²) in [6, 6.07) is 9.23. The topological polar surface area (TPSA) is 38.7 Å². The number of halogens is 3. The Kier molecular flexibility index (Phi) is 10.7. The molecule has 0 aromatic heterocycles. The van der Waals surface area contributed by atoms with E-state index in [-0.39, 0.29) is 34.7 Å². The smallest absolute Gasteiger partial charge is 0.168 e. The summed E-state index contributed by atoms with van der Waals surface area (Å²) in [4.78, 5) is 0. The van der Waals surface area contributed by atoms with Crippen LogP contribution in [0, 0.1) is 17.6 Å². The van der Waals surface area contributed by atoms with Crippen molar-refractivity contribution in [2.24, 2.45) is 5.92 Å². The van der Waals surface area contributed by atoms with E-state index in [4.69, 9.17) is 9.47 Å². The van der Waals surface area contributed by atoms with E-state index in [1.54, 1.807) is 30.3 Å². The lowest BCUT2D eigenvalue weighted by molar-refractivity contribution is 0.144. The quantitative estimate of drug-likeness (QED) is 0.231. The van der Waals surface area contributed by atoms with Gasteiger partial charge in [-0.1, -0.05) is 43.5 Å². The average Bonchev–Trinajstić information content (AvgIpc) is 2.85. The molecule has 188 valence electrons. The normalized spacial score (nSPS) is 17.6. The highest BCUT2D eigenvalue weighted by Crippen LogP contribution is 2.39. The molecule has 3 nitrogen and oxygen atoms in total. The van der Waals surface area contributed by atoms with Gasteiger partial charge in [0.25, 0.3) is 0 Å². The lowest BCUT2D eigenvalue weighted by Gasteiger charge is -2.29. The number of phenolic OH excluding ortho intramolecular Hbond substituents is 1. The third kappa shape index (κ3) is 7.81. The molecule has 0 spiro atoms. The second kappa shape index (κ2) is 13.5. The minimum atomic E-state index is -0.874. The van der Waals surface area contributed by atoms with E-state index in [2.05, 4.69) is 19.7 Å². The van der Waals surface area contributed by atoms with Gasteiger partial charge in [0.2, 0.25) is 0 Å². The Morgan fingerprint density at radius 2 is 1.63 bits per heavy atom. The molecule has 1 saturated carbocycles. The van der Waals surface area contributed by atoms with Crippen LogP contribution < -0.4 is 0 Å². The maximum Gasteiger partial charge on any atom is 0.168 e. The molecule has 0 atom stereocenters. The van der Waals surface area contributed by atoms with Crippen LogP contribution in [0.2, 0.25) is 0 Å². The Balaban J connectivity index is 0.00000137. The van der Waals surface area contributed by atoms with Gasteiger partial charge in [0.05, 0.1) is 13.7 Å². The van der Waals surface area contributed by atoms with Crippen LogP contribution in [0.1, 0.15) is 44.1 Å². The van der Waals surface area contributed by atoms with Crippen molar-refractivity contribution < 1.29 is 27.8 Å². The lowest BCUT2D eigenvalue weighted by Crippen LogP contribution is -2.18. The SMILES string of the molecule is C=C(/C=C(/F)C(=C)OC)OCC1CCC(c2ccc(-c3ccc(O)cc3)c(F)c2F)CC1.C=CC. The van der Waals surface area contributed by atoms with Gasteiger partial charge in [-0.2, -0.15) is 0 Å². The lowest BCUT2D eigenvalue weighted by atomic mass is 9.78. The van der Waals surface area contributed by atoms with Crippen molar-refractivity contribution in [1.82, 2.24) is 0 Å². The molecule has 0 radical (unpaired) electrons. The predicted molar refractivity (Wildman–Crippen MR) is 134 cm³/mol. The minimum absolute atomic E-state index is 0.0668. The zero-order valence-corrected chi connectivity index (χ0v) is 20.3. The van der Waals surface area contributed by atoms with Gasteiger partial charge in [-0.15, -0.1) is 6.58 Å². The van der Waals surface area contributed by atoms with Crippen molar-refractivity contribution in [3.05, 3.63) is 103 Å². The Morgan fingerprint density at radius 1 is 1.03 bits per heavy atom. The van der Waals surface area contributed by atoms with Crippen LogP contribution >= 0.6 is 0 Å². The van der Waals surface area contributed by atoms with Crippen molar-refractivity contribution >= 4 is 0 Å². The summed E-state index contributed by atoms with van der Waals surface area (Å²) in [6.45, 7) is 12.7. The molecule has 0 amide bonds. The Bertz CT molecular complexity index is 1050. The van der Waals surface area contributed by atoms with Crippen LogP contribution in [0.3, 0.4) is 0 Å². The fraction of sp³-hybridized carbons (Fsp3) is 0.310. The van der Waals surface area contributed by atoms with Crippen LogP contribution in [0.4, 0.5) is 13.2 Å². The first-order valence-corrected chi connectivity index (χ1v) is 11.5. The Hall–Kier alpha value is -3.41. The number of methoxy groups -OCH3 is 1. The summed E-state index contributed by atoms with van der Waals surface area (Å²) in [5.41, 5.74) is 1.06. The van der Waals surface area contributed by atoms with E-state index in [9.17, 15) is 18.3 Å². The number of allylic oxidation sites excluding steroid dienone is 3. The van der Waals surface area contributed by atoms with Crippen LogP contribution in [0.5, 0.6) is 5.75 Å². The molecule has 2 aromatic carbocycles. The van der Waals surface area contributed by atoms with E-state index in [1.807, 2.05) is 6.92 Å². The third-order valence-corrected chi connectivity index (χ3v) is 5.88. The second-order valence-corrected chi connectivity index (χ2v) is 8.40. The maximum atomic E-state index is 14.9. The first-order chi connectivity index (χ1) is 16.7. The first kappa shape index (κ1) is 27.8. The molecule has 0 heterocycles. The number of hydrogen-bond donors (Lipinski definition) is 1. The zero-order valence-electron chi connectivity index (χ0n) is 20.3. The molecule has 3 rings (SSSR count). The third-order valence-electron chi connectivity index (χ3n) is 5.88. The van der Waals surface area contributed by atoms with Crippen molar-refractivity contribution in [2.75, 3.05) is 13.7 Å². The fourth-order valence-electron chi connectivity index (χ4n) is 3.97. The van der Waals surface area contributed by atoms with Gasteiger partial charge in [-0.05, 0) is 67.7 Å². The minimum Gasteiger partial charge on any atom is -0.508 e. The van der Waals surface area contributed by atoms with Crippen LogP contribution in [0.25, 0.3) is 11.1 Å². The molecule has 6 heteroatoms. The molecule has 2 aromatic rings. The van der Waals surface area contributed by atoms with Crippen molar-refractivity contribution in [2.45, 2.75) is 38.5 Å². The Labute approximate surface area is 205 Å². The van der Waals surface area contributed by atoms with Gasteiger partial charge in [0.1, 0.15) is 17.3 Å². The molecule has 1 fully saturated rings. The van der Waals surface area contributed by atoms with Gasteiger partial charge < -0.3 is 14.6 Å². The summed E-state index contributed by atoms with van der Waals surface area (Å²) >= 11 is 0. The average molecular weight is 487 g/mol. The fourth-order valence-corrected chi connectivity index (χ4v) is 3.97. The zero-order chi connectivity index (χ0) is 26.0. The summed E-state index contributed by atoms with van der Waals surface area (Å²) in [5, 5.41) is 9.39. The summed E-state index contributed by atoms with van der Waals surface area (Å²) < 4.78 is 53.6. The molecule has 1 aliphatic carbocycles. The van der Waals surface area contributed by atoms with E-state index in [1.165, 1.54) is 19.2 Å². The molecule has 0 aliphatic heterocycles.